The summed E-state index contributed by atoms with van der Waals surface area (Å²) in [6.07, 6.45) is 8.80. The average molecular weight is 276 g/mol. The minimum atomic E-state index is -0.255. The predicted molar refractivity (Wildman–Crippen MR) is 80.3 cm³/mol. The first-order valence-electron chi connectivity index (χ1n) is 6.59. The van der Waals surface area contributed by atoms with Crippen LogP contribution in [-0.4, -0.2) is 22.5 Å². The zero-order valence-electron chi connectivity index (χ0n) is 10.9. The quantitative estimate of drug-likeness (QED) is 0.914. The van der Waals surface area contributed by atoms with Crippen LogP contribution in [0.4, 0.5) is 10.1 Å². The van der Waals surface area contributed by atoms with Crippen molar-refractivity contribution in [2.45, 2.75) is 30.6 Å². The van der Waals surface area contributed by atoms with E-state index >= 15 is 0 Å². The Morgan fingerprint density at radius 2 is 2.21 bits per heavy atom. The molecule has 0 spiro atoms. The zero-order chi connectivity index (χ0) is 13.2. The first-order valence-corrected chi connectivity index (χ1v) is 7.87. The fourth-order valence-electron chi connectivity index (χ4n) is 2.74. The van der Waals surface area contributed by atoms with Crippen LogP contribution in [-0.2, 0) is 0 Å². The molecule has 100 valence electrons. The van der Waals surface area contributed by atoms with Crippen LogP contribution in [0.25, 0.3) is 10.8 Å². The van der Waals surface area contributed by atoms with Crippen LogP contribution in [0.1, 0.15) is 19.3 Å². The van der Waals surface area contributed by atoms with Gasteiger partial charge in [-0.1, -0.05) is 6.07 Å². The summed E-state index contributed by atoms with van der Waals surface area (Å²) < 4.78 is 13.7. The van der Waals surface area contributed by atoms with Crippen LogP contribution in [0, 0.1) is 5.82 Å². The van der Waals surface area contributed by atoms with E-state index in [1.54, 1.807) is 6.20 Å². The number of aromatic nitrogens is 1. The summed E-state index contributed by atoms with van der Waals surface area (Å²) in [5.41, 5.74) is 1.00. The molecule has 1 aromatic carbocycles. The fraction of sp³-hybridized carbons (Fsp3) is 0.400. The molecule has 0 amide bonds. The second-order valence-corrected chi connectivity index (χ2v) is 6.21. The first kappa shape index (κ1) is 12.7. The maximum atomic E-state index is 13.7. The topological polar surface area (TPSA) is 24.9 Å². The molecule has 2 aromatic rings. The van der Waals surface area contributed by atoms with Crippen molar-refractivity contribution in [3.8, 4) is 0 Å². The van der Waals surface area contributed by atoms with E-state index in [0.717, 1.165) is 16.3 Å². The SMILES string of the molecule is CSC1CCC(Nc2ccc3cncc(F)c3c2)C1. The average Bonchev–Trinajstić information content (AvgIpc) is 2.87. The largest absolute Gasteiger partial charge is 0.382 e. The molecule has 1 aliphatic carbocycles. The number of rotatable bonds is 3. The van der Waals surface area contributed by atoms with Crippen molar-refractivity contribution < 1.29 is 4.39 Å². The standard InChI is InChI=1S/C15H17FN2S/c1-19-13-5-4-11(6-13)18-12-3-2-10-8-17-9-15(16)14(10)7-12/h2-3,7-9,11,13,18H,4-6H2,1H3. The highest BCUT2D eigenvalue weighted by atomic mass is 32.2. The number of fused-ring (bicyclic) bond motifs is 1. The molecular formula is C15H17FN2S. The Morgan fingerprint density at radius 1 is 1.32 bits per heavy atom. The molecule has 2 unspecified atom stereocenters. The second kappa shape index (κ2) is 5.37. The lowest BCUT2D eigenvalue weighted by atomic mass is 10.1. The molecule has 1 aromatic heterocycles. The maximum absolute atomic E-state index is 13.7. The van der Waals surface area contributed by atoms with Gasteiger partial charge < -0.3 is 5.32 Å². The number of nitrogens with one attached hydrogen (secondary N) is 1. The highest BCUT2D eigenvalue weighted by molar-refractivity contribution is 7.99. The fourth-order valence-corrected chi connectivity index (χ4v) is 3.54. The van der Waals surface area contributed by atoms with E-state index in [1.165, 1.54) is 25.5 Å². The molecule has 1 fully saturated rings. The van der Waals surface area contributed by atoms with Gasteiger partial charge in [-0.25, -0.2) is 4.39 Å². The Hall–Kier alpha value is -1.29. The van der Waals surface area contributed by atoms with Gasteiger partial charge in [-0.2, -0.15) is 11.8 Å². The van der Waals surface area contributed by atoms with Gasteiger partial charge in [0.1, 0.15) is 5.82 Å². The lowest BCUT2D eigenvalue weighted by Gasteiger charge is -2.15. The Labute approximate surface area is 116 Å². The molecule has 0 bridgehead atoms. The summed E-state index contributed by atoms with van der Waals surface area (Å²) in [5, 5.41) is 5.77. The number of halogens is 1. The van der Waals surface area contributed by atoms with E-state index < -0.39 is 0 Å². The molecule has 1 heterocycles. The normalized spacial score (nSPS) is 22.8. The highest BCUT2D eigenvalue weighted by Crippen LogP contribution is 2.31. The summed E-state index contributed by atoms with van der Waals surface area (Å²) in [7, 11) is 0. The number of nitrogens with zero attached hydrogens (tertiary/aromatic N) is 1. The summed E-state index contributed by atoms with van der Waals surface area (Å²) in [4.78, 5) is 3.87. The summed E-state index contributed by atoms with van der Waals surface area (Å²) in [6.45, 7) is 0. The van der Waals surface area contributed by atoms with Crippen molar-refractivity contribution >= 4 is 28.2 Å². The Kier molecular flexibility index (Phi) is 3.60. The van der Waals surface area contributed by atoms with E-state index in [4.69, 9.17) is 0 Å². The predicted octanol–water partition coefficient (Wildman–Crippen LogP) is 4.07. The van der Waals surface area contributed by atoms with Gasteiger partial charge in [0.05, 0.1) is 6.20 Å². The van der Waals surface area contributed by atoms with Gasteiger partial charge in [-0.15, -0.1) is 0 Å². The van der Waals surface area contributed by atoms with Gasteiger partial charge in [0.2, 0.25) is 0 Å². The van der Waals surface area contributed by atoms with E-state index in [1.807, 2.05) is 30.0 Å². The number of anilines is 1. The van der Waals surface area contributed by atoms with Crippen LogP contribution in [0.5, 0.6) is 0 Å². The number of thioether (sulfide) groups is 1. The van der Waals surface area contributed by atoms with Crippen molar-refractivity contribution in [2.24, 2.45) is 0 Å². The van der Waals surface area contributed by atoms with E-state index in [0.29, 0.717) is 11.4 Å². The van der Waals surface area contributed by atoms with Gasteiger partial charge in [0.15, 0.2) is 0 Å². The maximum Gasteiger partial charge on any atom is 0.149 e. The Balaban J connectivity index is 1.80. The van der Waals surface area contributed by atoms with Gasteiger partial charge in [-0.05, 0) is 37.7 Å². The number of hydrogen-bond donors (Lipinski definition) is 1. The van der Waals surface area contributed by atoms with Crippen LogP contribution in [0.2, 0.25) is 0 Å². The smallest absolute Gasteiger partial charge is 0.149 e. The zero-order valence-corrected chi connectivity index (χ0v) is 11.7. The third-order valence-electron chi connectivity index (χ3n) is 3.80. The summed E-state index contributed by atoms with van der Waals surface area (Å²) in [6, 6.07) is 6.34. The molecule has 2 nitrogen and oxygen atoms in total. The van der Waals surface area contributed by atoms with Gasteiger partial charge in [-0.3, -0.25) is 4.98 Å². The molecule has 0 radical (unpaired) electrons. The molecule has 1 N–H and O–H groups in total. The Bertz CT molecular complexity index is 587. The van der Waals surface area contributed by atoms with Crippen molar-refractivity contribution in [1.29, 1.82) is 0 Å². The molecular weight excluding hydrogens is 259 g/mol. The minimum absolute atomic E-state index is 0.255. The lowest BCUT2D eigenvalue weighted by molar-refractivity contribution is 0.634. The monoisotopic (exact) mass is 276 g/mol. The van der Waals surface area contributed by atoms with Crippen LogP contribution >= 0.6 is 11.8 Å². The third kappa shape index (κ3) is 2.68. The van der Waals surface area contributed by atoms with Gasteiger partial charge >= 0.3 is 0 Å². The highest BCUT2D eigenvalue weighted by Gasteiger charge is 2.23. The summed E-state index contributed by atoms with van der Waals surface area (Å²) >= 11 is 1.94. The van der Waals surface area contributed by atoms with Crippen molar-refractivity contribution in [2.75, 3.05) is 11.6 Å². The van der Waals surface area contributed by atoms with E-state index in [2.05, 4.69) is 16.6 Å². The minimum Gasteiger partial charge on any atom is -0.382 e. The first-order chi connectivity index (χ1) is 9.26. The molecule has 0 aliphatic heterocycles. The molecule has 3 rings (SSSR count). The lowest BCUT2D eigenvalue weighted by Crippen LogP contribution is -2.15. The Morgan fingerprint density at radius 3 is 3.00 bits per heavy atom. The van der Waals surface area contributed by atoms with Crippen molar-refractivity contribution in [3.63, 3.8) is 0 Å². The molecule has 2 atom stereocenters. The molecule has 19 heavy (non-hydrogen) atoms. The number of benzene rings is 1. The number of pyridine rings is 1. The second-order valence-electron chi connectivity index (χ2n) is 5.07. The molecule has 1 saturated carbocycles. The number of hydrogen-bond acceptors (Lipinski definition) is 3. The van der Waals surface area contributed by atoms with Crippen LogP contribution in [0.3, 0.4) is 0 Å². The summed E-state index contributed by atoms with van der Waals surface area (Å²) in [5.74, 6) is -0.255. The van der Waals surface area contributed by atoms with Crippen molar-refractivity contribution in [3.05, 3.63) is 36.4 Å². The van der Waals surface area contributed by atoms with E-state index in [9.17, 15) is 4.39 Å². The van der Waals surface area contributed by atoms with Gasteiger partial charge in [0.25, 0.3) is 0 Å². The molecule has 4 heteroatoms. The molecule has 0 saturated heterocycles. The van der Waals surface area contributed by atoms with E-state index in [-0.39, 0.29) is 5.82 Å². The third-order valence-corrected chi connectivity index (χ3v) is 4.90. The van der Waals surface area contributed by atoms with Crippen LogP contribution in [0.15, 0.2) is 30.6 Å². The van der Waals surface area contributed by atoms with Crippen molar-refractivity contribution in [1.82, 2.24) is 4.98 Å². The molecule has 1 aliphatic rings. The van der Waals surface area contributed by atoms with Gasteiger partial charge in [0, 0.05) is 33.9 Å². The van der Waals surface area contributed by atoms with Crippen LogP contribution < -0.4 is 5.32 Å².